The first-order chi connectivity index (χ1) is 12.1. The molecule has 0 saturated heterocycles. The van der Waals surface area contributed by atoms with Crippen molar-refractivity contribution >= 4 is 22.6 Å². The number of hydrogen-bond donors (Lipinski definition) is 2. The van der Waals surface area contributed by atoms with Crippen molar-refractivity contribution in [1.29, 1.82) is 0 Å². The summed E-state index contributed by atoms with van der Waals surface area (Å²) < 4.78 is 3.33. The lowest BCUT2D eigenvalue weighted by Gasteiger charge is -2.17. The molecule has 0 amide bonds. The van der Waals surface area contributed by atoms with Gasteiger partial charge in [0, 0.05) is 17.8 Å². The van der Waals surface area contributed by atoms with Crippen LogP contribution in [0.25, 0.3) is 17.0 Å². The van der Waals surface area contributed by atoms with E-state index in [9.17, 15) is 4.79 Å². The highest BCUT2D eigenvalue weighted by Crippen LogP contribution is 2.21. The van der Waals surface area contributed by atoms with Gasteiger partial charge >= 0.3 is 0 Å². The van der Waals surface area contributed by atoms with Crippen molar-refractivity contribution in [3.63, 3.8) is 0 Å². The topological polar surface area (TPSA) is 108 Å². The van der Waals surface area contributed by atoms with E-state index in [-0.39, 0.29) is 12.3 Å². The second-order valence-corrected chi connectivity index (χ2v) is 5.76. The van der Waals surface area contributed by atoms with Gasteiger partial charge in [-0.2, -0.15) is 9.78 Å². The summed E-state index contributed by atoms with van der Waals surface area (Å²) in [6, 6.07) is 9.29. The van der Waals surface area contributed by atoms with Gasteiger partial charge in [-0.1, -0.05) is 24.3 Å². The first kappa shape index (κ1) is 15.2. The molecule has 4 rings (SSSR count). The molecule has 8 heteroatoms. The van der Waals surface area contributed by atoms with E-state index >= 15 is 0 Å². The van der Waals surface area contributed by atoms with E-state index in [1.807, 2.05) is 34.9 Å². The average molecular weight is 335 g/mol. The molecule has 3 heterocycles. The van der Waals surface area contributed by atoms with E-state index < -0.39 is 0 Å². The Morgan fingerprint density at radius 1 is 1.24 bits per heavy atom. The van der Waals surface area contributed by atoms with Crippen LogP contribution in [0.5, 0.6) is 0 Å². The summed E-state index contributed by atoms with van der Waals surface area (Å²) in [7, 11) is 0. The lowest BCUT2D eigenvalue weighted by atomic mass is 10.1. The maximum atomic E-state index is 12.8. The first-order valence-corrected chi connectivity index (χ1v) is 7.81. The Morgan fingerprint density at radius 2 is 2.08 bits per heavy atom. The molecule has 0 aliphatic carbocycles. The van der Waals surface area contributed by atoms with Gasteiger partial charge in [-0.05, 0) is 12.1 Å². The first-order valence-electron chi connectivity index (χ1n) is 7.81. The van der Waals surface area contributed by atoms with Crippen LogP contribution in [-0.2, 0) is 11.3 Å². The highest BCUT2D eigenvalue weighted by Gasteiger charge is 2.19. The van der Waals surface area contributed by atoms with Crippen LogP contribution in [0.1, 0.15) is 0 Å². The summed E-state index contributed by atoms with van der Waals surface area (Å²) in [5.41, 5.74) is 8.13. The van der Waals surface area contributed by atoms with Gasteiger partial charge in [-0.25, -0.2) is 10.8 Å². The van der Waals surface area contributed by atoms with Crippen LogP contribution in [0.15, 0.2) is 60.5 Å². The number of Topliss-reactive ketones (excluding diaryl/α,β-unsaturated/α-hetero) is 1. The summed E-state index contributed by atoms with van der Waals surface area (Å²) in [4.78, 5) is 17.3. The number of carbonyl (C=O) groups excluding carboxylic acids is 1. The fourth-order valence-corrected chi connectivity index (χ4v) is 2.84. The molecule has 0 bridgehead atoms. The van der Waals surface area contributed by atoms with Gasteiger partial charge in [0.05, 0.1) is 30.3 Å². The van der Waals surface area contributed by atoms with E-state index in [1.165, 1.54) is 9.69 Å². The number of anilines is 1. The maximum absolute atomic E-state index is 12.8. The SMILES string of the molecule is Nc1ccnn1-c1nc2ccccc2n1CC(=O)C1=CN(N)CC=C1. The number of rotatable bonds is 4. The van der Waals surface area contributed by atoms with Crippen molar-refractivity contribution in [1.82, 2.24) is 24.3 Å². The standard InChI is InChI=1S/C17H17N7O/c18-16-7-8-20-24(16)17-21-13-5-1-2-6-14(13)23(17)11-15(25)12-4-3-9-22(19)10-12/h1-8,10H,9,11,18-19H2. The molecule has 25 heavy (non-hydrogen) atoms. The molecule has 2 aromatic heterocycles. The van der Waals surface area contributed by atoms with Gasteiger partial charge in [0.15, 0.2) is 5.78 Å². The predicted octanol–water partition coefficient (Wildman–Crippen LogP) is 1.00. The number of para-hydroxylation sites is 2. The summed E-state index contributed by atoms with van der Waals surface area (Å²) in [6.07, 6.45) is 6.88. The van der Waals surface area contributed by atoms with Crippen LogP contribution in [0.4, 0.5) is 5.82 Å². The lowest BCUT2D eigenvalue weighted by molar-refractivity contribution is -0.115. The Kier molecular flexibility index (Phi) is 3.58. The Morgan fingerprint density at radius 3 is 2.84 bits per heavy atom. The van der Waals surface area contributed by atoms with Crippen molar-refractivity contribution in [2.45, 2.75) is 6.54 Å². The van der Waals surface area contributed by atoms with Crippen LogP contribution in [-0.4, -0.2) is 36.7 Å². The van der Waals surface area contributed by atoms with Crippen molar-refractivity contribution < 1.29 is 4.79 Å². The van der Waals surface area contributed by atoms with Gasteiger partial charge in [-0.15, -0.1) is 0 Å². The molecule has 0 fully saturated rings. The minimum atomic E-state index is -0.0680. The number of benzene rings is 1. The molecule has 1 aromatic carbocycles. The number of aromatic nitrogens is 4. The molecule has 1 aliphatic rings. The fourth-order valence-electron chi connectivity index (χ4n) is 2.84. The Bertz CT molecular complexity index is 1010. The third-order valence-corrected chi connectivity index (χ3v) is 4.04. The lowest BCUT2D eigenvalue weighted by Crippen LogP contribution is -2.29. The number of carbonyl (C=O) groups is 1. The van der Waals surface area contributed by atoms with E-state index in [0.29, 0.717) is 23.9 Å². The van der Waals surface area contributed by atoms with Crippen molar-refractivity contribution in [2.24, 2.45) is 5.84 Å². The second-order valence-electron chi connectivity index (χ2n) is 5.76. The highest BCUT2D eigenvalue weighted by atomic mass is 16.1. The molecule has 4 N–H and O–H groups in total. The van der Waals surface area contributed by atoms with E-state index in [1.54, 1.807) is 24.5 Å². The second kappa shape index (κ2) is 5.91. The molecule has 0 radical (unpaired) electrons. The van der Waals surface area contributed by atoms with Gasteiger partial charge in [-0.3, -0.25) is 4.79 Å². The van der Waals surface area contributed by atoms with Gasteiger partial charge in [0.2, 0.25) is 5.95 Å². The predicted molar refractivity (Wildman–Crippen MR) is 94.4 cm³/mol. The van der Waals surface area contributed by atoms with Crippen LogP contribution >= 0.6 is 0 Å². The number of hydrogen-bond acceptors (Lipinski definition) is 6. The third-order valence-electron chi connectivity index (χ3n) is 4.04. The minimum Gasteiger partial charge on any atom is -0.383 e. The number of hydrazine groups is 1. The molecule has 0 spiro atoms. The molecule has 1 aliphatic heterocycles. The van der Waals surface area contributed by atoms with Gasteiger partial charge in [0.1, 0.15) is 5.82 Å². The van der Waals surface area contributed by atoms with Crippen molar-refractivity contribution in [3.8, 4) is 5.95 Å². The number of nitrogens with zero attached hydrogens (tertiary/aromatic N) is 5. The fraction of sp³-hybridized carbons (Fsp3) is 0.118. The highest BCUT2D eigenvalue weighted by molar-refractivity contribution is 5.98. The van der Waals surface area contributed by atoms with Gasteiger partial charge < -0.3 is 15.3 Å². The number of fused-ring (bicyclic) bond motifs is 1. The number of imidazole rings is 1. The van der Waals surface area contributed by atoms with Gasteiger partial charge in [0.25, 0.3) is 0 Å². The van der Waals surface area contributed by atoms with Crippen LogP contribution in [0.2, 0.25) is 0 Å². The average Bonchev–Trinajstić information content (AvgIpc) is 3.18. The van der Waals surface area contributed by atoms with E-state index in [2.05, 4.69) is 10.1 Å². The summed E-state index contributed by atoms with van der Waals surface area (Å²) in [5.74, 6) is 6.64. The molecule has 8 nitrogen and oxygen atoms in total. The zero-order valence-corrected chi connectivity index (χ0v) is 13.4. The molecule has 0 atom stereocenters. The summed E-state index contributed by atoms with van der Waals surface area (Å²) >= 11 is 0. The summed E-state index contributed by atoms with van der Waals surface area (Å²) in [6.45, 7) is 0.693. The third kappa shape index (κ3) is 2.68. The zero-order valence-electron chi connectivity index (χ0n) is 13.4. The Balaban J connectivity index is 1.79. The number of ketones is 1. The van der Waals surface area contributed by atoms with Crippen molar-refractivity contribution in [2.75, 3.05) is 12.3 Å². The monoisotopic (exact) mass is 335 g/mol. The number of nitrogens with two attached hydrogens (primary N) is 2. The van der Waals surface area contributed by atoms with E-state index in [4.69, 9.17) is 11.6 Å². The van der Waals surface area contributed by atoms with Crippen LogP contribution in [0.3, 0.4) is 0 Å². The Labute approximate surface area is 143 Å². The van der Waals surface area contributed by atoms with Crippen LogP contribution in [0, 0.1) is 0 Å². The minimum absolute atomic E-state index is 0.0680. The van der Waals surface area contributed by atoms with E-state index in [0.717, 1.165) is 11.0 Å². The molecular formula is C17H17N7O. The molecule has 0 unspecified atom stereocenters. The Hall–Kier alpha value is -3.39. The van der Waals surface area contributed by atoms with Crippen molar-refractivity contribution in [3.05, 3.63) is 60.5 Å². The molecule has 0 saturated carbocycles. The quantitative estimate of drug-likeness (QED) is 0.689. The zero-order chi connectivity index (χ0) is 17.4. The molecule has 3 aromatic rings. The van der Waals surface area contributed by atoms with Crippen LogP contribution < -0.4 is 11.6 Å². The molecule has 126 valence electrons. The summed E-state index contributed by atoms with van der Waals surface area (Å²) in [5, 5.41) is 5.69. The number of allylic oxidation sites excluding steroid dienone is 2. The smallest absolute Gasteiger partial charge is 0.234 e. The molecular weight excluding hydrogens is 318 g/mol. The number of nitrogen functional groups attached to an aromatic ring is 1. The maximum Gasteiger partial charge on any atom is 0.234 e. The normalized spacial score (nSPS) is 14.1. The largest absolute Gasteiger partial charge is 0.383 e.